The molecule has 128 valence electrons. The molecule has 0 aromatic carbocycles. The van der Waals surface area contributed by atoms with Crippen molar-refractivity contribution in [1.82, 2.24) is 15.1 Å². The first kappa shape index (κ1) is 17.7. The van der Waals surface area contributed by atoms with E-state index in [1.54, 1.807) is 0 Å². The Hall–Kier alpha value is -0.650. The van der Waals surface area contributed by atoms with Gasteiger partial charge in [0.1, 0.15) is 0 Å². The Balaban J connectivity index is 1.47. The molecule has 0 radical (unpaired) electrons. The van der Waals surface area contributed by atoms with Crippen molar-refractivity contribution >= 4 is 5.91 Å². The summed E-state index contributed by atoms with van der Waals surface area (Å²) in [6.45, 7) is 5.97. The van der Waals surface area contributed by atoms with Crippen LogP contribution in [-0.4, -0.2) is 73.2 Å². The molecule has 22 heavy (non-hydrogen) atoms. The molecule has 5 nitrogen and oxygen atoms in total. The van der Waals surface area contributed by atoms with E-state index in [-0.39, 0.29) is 12.0 Å². The summed E-state index contributed by atoms with van der Waals surface area (Å²) in [5.74, 6) is 0.939. The Morgan fingerprint density at radius 2 is 2.00 bits per heavy atom. The van der Waals surface area contributed by atoms with Crippen LogP contribution in [0.15, 0.2) is 0 Å². The Labute approximate surface area is 135 Å². The molecule has 1 amide bonds. The number of hydrogen-bond acceptors (Lipinski definition) is 4. The van der Waals surface area contributed by atoms with Crippen molar-refractivity contribution in [2.45, 2.75) is 51.0 Å². The van der Waals surface area contributed by atoms with Gasteiger partial charge in [-0.15, -0.1) is 0 Å². The highest BCUT2D eigenvalue weighted by Crippen LogP contribution is 2.20. The fourth-order valence-electron chi connectivity index (χ4n) is 3.54. The quantitative estimate of drug-likeness (QED) is 0.691. The van der Waals surface area contributed by atoms with Crippen LogP contribution in [0.25, 0.3) is 0 Å². The van der Waals surface area contributed by atoms with Crippen molar-refractivity contribution in [3.05, 3.63) is 0 Å². The first-order valence-corrected chi connectivity index (χ1v) is 8.99. The molecule has 0 bridgehead atoms. The molecule has 2 saturated heterocycles. The normalized spacial score (nSPS) is 25.3. The van der Waals surface area contributed by atoms with Crippen LogP contribution >= 0.6 is 0 Å². The molecule has 5 heteroatoms. The molecule has 1 unspecified atom stereocenters. The number of amides is 1. The number of carbonyl (C=O) groups excluding carboxylic acids is 1. The maximum absolute atomic E-state index is 11.9. The molecule has 0 aromatic heterocycles. The van der Waals surface area contributed by atoms with Crippen LogP contribution in [0, 0.1) is 5.92 Å². The van der Waals surface area contributed by atoms with Gasteiger partial charge in [-0.05, 0) is 77.7 Å². The van der Waals surface area contributed by atoms with E-state index in [9.17, 15) is 9.90 Å². The summed E-state index contributed by atoms with van der Waals surface area (Å²) in [6, 6.07) is 0. The summed E-state index contributed by atoms with van der Waals surface area (Å²) in [7, 11) is 2.17. The van der Waals surface area contributed by atoms with Crippen molar-refractivity contribution in [1.29, 1.82) is 0 Å². The lowest BCUT2D eigenvalue weighted by molar-refractivity contribution is -0.121. The van der Waals surface area contributed by atoms with E-state index < -0.39 is 0 Å². The molecule has 0 aromatic rings. The lowest BCUT2D eigenvalue weighted by atomic mass is 9.92. The van der Waals surface area contributed by atoms with Crippen molar-refractivity contribution in [2.24, 2.45) is 5.92 Å². The van der Waals surface area contributed by atoms with E-state index in [1.165, 1.54) is 25.9 Å². The van der Waals surface area contributed by atoms with Gasteiger partial charge in [-0.25, -0.2) is 0 Å². The summed E-state index contributed by atoms with van der Waals surface area (Å²) in [5.41, 5.74) is 0. The van der Waals surface area contributed by atoms with Gasteiger partial charge in [0.2, 0.25) is 5.91 Å². The molecule has 2 N–H and O–H groups in total. The largest absolute Gasteiger partial charge is 0.392 e. The second-order valence-corrected chi connectivity index (χ2v) is 7.09. The smallest absolute Gasteiger partial charge is 0.220 e. The zero-order chi connectivity index (χ0) is 15.8. The van der Waals surface area contributed by atoms with Gasteiger partial charge in [0.05, 0.1) is 6.10 Å². The van der Waals surface area contributed by atoms with Crippen LogP contribution in [0.2, 0.25) is 0 Å². The minimum atomic E-state index is -0.155. The first-order chi connectivity index (χ1) is 10.6. The van der Waals surface area contributed by atoms with Crippen LogP contribution in [0.3, 0.4) is 0 Å². The van der Waals surface area contributed by atoms with E-state index in [1.807, 2.05) is 0 Å². The fraction of sp³-hybridized carbons (Fsp3) is 0.941. The molecule has 0 spiro atoms. The van der Waals surface area contributed by atoms with Crippen LogP contribution in [0.1, 0.15) is 44.9 Å². The van der Waals surface area contributed by atoms with E-state index in [0.717, 1.165) is 57.8 Å². The number of hydrogen-bond donors (Lipinski definition) is 2. The standard InChI is InChI=1S/C17H33N3O2/c1-19-12-7-15(8-13-19)5-6-17(22)18-9-3-11-20-10-2-4-16(21)14-20/h15-16,21H,2-14H2,1H3,(H,18,22). The van der Waals surface area contributed by atoms with E-state index >= 15 is 0 Å². The molecule has 1 atom stereocenters. The maximum Gasteiger partial charge on any atom is 0.220 e. The molecule has 2 fully saturated rings. The summed E-state index contributed by atoms with van der Waals surface area (Å²) >= 11 is 0. The predicted octanol–water partition coefficient (Wildman–Crippen LogP) is 1.07. The Morgan fingerprint density at radius 3 is 2.73 bits per heavy atom. The van der Waals surface area contributed by atoms with Crippen LogP contribution in [-0.2, 0) is 4.79 Å². The summed E-state index contributed by atoms with van der Waals surface area (Å²) < 4.78 is 0. The van der Waals surface area contributed by atoms with Gasteiger partial charge >= 0.3 is 0 Å². The third-order valence-corrected chi connectivity index (χ3v) is 5.07. The van der Waals surface area contributed by atoms with Crippen molar-refractivity contribution in [3.8, 4) is 0 Å². The van der Waals surface area contributed by atoms with E-state index in [0.29, 0.717) is 6.42 Å². The molecule has 2 heterocycles. The molecule has 0 aliphatic carbocycles. The van der Waals surface area contributed by atoms with Gasteiger partial charge < -0.3 is 20.2 Å². The van der Waals surface area contributed by atoms with Crippen LogP contribution in [0.5, 0.6) is 0 Å². The summed E-state index contributed by atoms with van der Waals surface area (Å²) in [4.78, 5) is 16.6. The number of carbonyl (C=O) groups is 1. The maximum atomic E-state index is 11.9. The topological polar surface area (TPSA) is 55.8 Å². The third-order valence-electron chi connectivity index (χ3n) is 5.07. The summed E-state index contributed by atoms with van der Waals surface area (Å²) in [5, 5.41) is 12.7. The number of likely N-dealkylation sites (tertiary alicyclic amines) is 2. The monoisotopic (exact) mass is 311 g/mol. The Kier molecular flexibility index (Phi) is 7.63. The SMILES string of the molecule is CN1CCC(CCC(=O)NCCCN2CCCC(O)C2)CC1. The van der Waals surface area contributed by atoms with Crippen molar-refractivity contribution < 1.29 is 9.90 Å². The third kappa shape index (κ3) is 6.63. The highest BCUT2D eigenvalue weighted by molar-refractivity contribution is 5.75. The van der Waals surface area contributed by atoms with Gasteiger partial charge in [0.15, 0.2) is 0 Å². The minimum absolute atomic E-state index is 0.155. The average Bonchev–Trinajstić information content (AvgIpc) is 2.51. The van der Waals surface area contributed by atoms with E-state index in [4.69, 9.17) is 0 Å². The number of β-amino-alcohol motifs (C(OH)–C–C–N with tert-alkyl or cyclic N) is 1. The zero-order valence-electron chi connectivity index (χ0n) is 14.1. The minimum Gasteiger partial charge on any atom is -0.392 e. The molecule has 2 aliphatic heterocycles. The van der Waals surface area contributed by atoms with Gasteiger partial charge in [0.25, 0.3) is 0 Å². The Bertz CT molecular complexity index is 330. The fourth-order valence-corrected chi connectivity index (χ4v) is 3.54. The number of rotatable bonds is 7. The van der Waals surface area contributed by atoms with Gasteiger partial charge in [-0.3, -0.25) is 4.79 Å². The van der Waals surface area contributed by atoms with Crippen molar-refractivity contribution in [3.63, 3.8) is 0 Å². The first-order valence-electron chi connectivity index (χ1n) is 8.99. The van der Waals surface area contributed by atoms with Crippen molar-refractivity contribution in [2.75, 3.05) is 46.3 Å². The number of aliphatic hydroxyl groups excluding tert-OH is 1. The molecular formula is C17H33N3O2. The Morgan fingerprint density at radius 1 is 1.23 bits per heavy atom. The highest BCUT2D eigenvalue weighted by Gasteiger charge is 2.18. The van der Waals surface area contributed by atoms with Gasteiger partial charge in [-0.2, -0.15) is 0 Å². The highest BCUT2D eigenvalue weighted by atomic mass is 16.3. The lowest BCUT2D eigenvalue weighted by Crippen LogP contribution is -2.39. The molecule has 2 rings (SSSR count). The second kappa shape index (κ2) is 9.48. The number of piperidine rings is 2. The number of nitrogens with zero attached hydrogens (tertiary/aromatic N) is 2. The van der Waals surface area contributed by atoms with Crippen LogP contribution < -0.4 is 5.32 Å². The lowest BCUT2D eigenvalue weighted by Gasteiger charge is -2.30. The van der Waals surface area contributed by atoms with E-state index in [2.05, 4.69) is 22.2 Å². The van der Waals surface area contributed by atoms with Gasteiger partial charge in [-0.1, -0.05) is 0 Å². The predicted molar refractivity (Wildman–Crippen MR) is 88.8 cm³/mol. The molecule has 0 saturated carbocycles. The summed E-state index contributed by atoms with van der Waals surface area (Å²) in [6.07, 6.45) is 7.04. The molecular weight excluding hydrogens is 278 g/mol. The van der Waals surface area contributed by atoms with Gasteiger partial charge in [0, 0.05) is 19.5 Å². The number of nitrogens with one attached hydrogen (secondary N) is 1. The zero-order valence-corrected chi connectivity index (χ0v) is 14.1. The average molecular weight is 311 g/mol. The molecule has 2 aliphatic rings. The second-order valence-electron chi connectivity index (χ2n) is 7.09. The number of aliphatic hydroxyl groups is 1. The van der Waals surface area contributed by atoms with Crippen LogP contribution in [0.4, 0.5) is 0 Å².